The van der Waals surface area contributed by atoms with Crippen molar-refractivity contribution in [2.75, 3.05) is 0 Å². The number of carbonyl (C=O) groups excluding carboxylic acids is 1. The summed E-state index contributed by atoms with van der Waals surface area (Å²) < 4.78 is 37.4. The Morgan fingerprint density at radius 2 is 1.79 bits per heavy atom. The molecule has 2 aromatic rings. The van der Waals surface area contributed by atoms with E-state index in [0.29, 0.717) is 16.9 Å². The molecule has 0 fully saturated rings. The third-order valence-corrected chi connectivity index (χ3v) is 3.72. The highest BCUT2D eigenvalue weighted by Gasteiger charge is 2.35. The molecule has 0 radical (unpaired) electrons. The summed E-state index contributed by atoms with van der Waals surface area (Å²) in [6.07, 6.45) is -3.52. The molecule has 0 saturated heterocycles. The molecular weight excluding hydrogens is 275 g/mol. The van der Waals surface area contributed by atoms with Gasteiger partial charge in [-0.15, -0.1) is 11.3 Å². The molecule has 6 heteroatoms. The zero-order valence-corrected chi connectivity index (χ0v) is 11.0. The summed E-state index contributed by atoms with van der Waals surface area (Å²) in [5, 5.41) is -0.998. The quantitative estimate of drug-likeness (QED) is 0.780. The Balaban J connectivity index is 2.43. The van der Waals surface area contributed by atoms with Crippen LogP contribution in [0.15, 0.2) is 24.4 Å². The molecule has 0 spiro atoms. The first kappa shape index (κ1) is 13.7. The van der Waals surface area contributed by atoms with Gasteiger partial charge < -0.3 is 0 Å². The predicted molar refractivity (Wildman–Crippen MR) is 66.5 cm³/mol. The van der Waals surface area contributed by atoms with Crippen molar-refractivity contribution >= 4 is 17.1 Å². The second-order valence-electron chi connectivity index (χ2n) is 4.12. The zero-order valence-electron chi connectivity index (χ0n) is 10.2. The van der Waals surface area contributed by atoms with E-state index in [9.17, 15) is 18.0 Å². The minimum absolute atomic E-state index is 0.00438. The highest BCUT2D eigenvalue weighted by atomic mass is 32.1. The number of nitrogens with zero attached hydrogens (tertiary/aromatic N) is 1. The Kier molecular flexibility index (Phi) is 3.45. The fraction of sp³-hybridized carbons (Fsp3) is 0.231. The lowest BCUT2D eigenvalue weighted by Crippen LogP contribution is -2.04. The molecule has 19 heavy (non-hydrogen) atoms. The van der Waals surface area contributed by atoms with Gasteiger partial charge >= 0.3 is 6.18 Å². The average Bonchev–Trinajstić information content (AvgIpc) is 2.77. The number of carbonyl (C=O) groups is 1. The van der Waals surface area contributed by atoms with E-state index in [0.717, 1.165) is 17.3 Å². The fourth-order valence-corrected chi connectivity index (χ4v) is 2.54. The van der Waals surface area contributed by atoms with Gasteiger partial charge in [-0.3, -0.25) is 4.79 Å². The maximum absolute atomic E-state index is 12.5. The van der Waals surface area contributed by atoms with Gasteiger partial charge in [0.15, 0.2) is 5.01 Å². The van der Waals surface area contributed by atoms with Crippen molar-refractivity contribution < 1.29 is 18.0 Å². The highest BCUT2D eigenvalue weighted by molar-refractivity contribution is 7.14. The van der Waals surface area contributed by atoms with Gasteiger partial charge in [-0.25, -0.2) is 4.98 Å². The molecule has 0 aliphatic rings. The van der Waals surface area contributed by atoms with Crippen LogP contribution in [0.25, 0.3) is 0 Å². The molecule has 0 unspecified atom stereocenters. The maximum atomic E-state index is 12.5. The van der Waals surface area contributed by atoms with Crippen molar-refractivity contribution in [3.63, 3.8) is 0 Å². The van der Waals surface area contributed by atoms with Crippen molar-refractivity contribution in [2.45, 2.75) is 20.0 Å². The van der Waals surface area contributed by atoms with Crippen LogP contribution in [0.4, 0.5) is 13.2 Å². The SMILES string of the molecule is Cc1cccc(C)c1C(=O)c1cnc(C(F)(F)F)s1. The molecule has 1 aromatic heterocycles. The summed E-state index contributed by atoms with van der Waals surface area (Å²) in [6, 6.07) is 5.31. The summed E-state index contributed by atoms with van der Waals surface area (Å²) in [5.41, 5.74) is 1.93. The summed E-state index contributed by atoms with van der Waals surface area (Å²) in [5.74, 6) is -0.413. The van der Waals surface area contributed by atoms with Crippen LogP contribution in [0.3, 0.4) is 0 Å². The van der Waals surface area contributed by atoms with Crippen LogP contribution in [0.1, 0.15) is 31.4 Å². The first-order valence-corrected chi connectivity index (χ1v) is 6.26. The number of halogens is 3. The lowest BCUT2D eigenvalue weighted by Gasteiger charge is -2.06. The summed E-state index contributed by atoms with van der Waals surface area (Å²) >= 11 is 0.375. The molecule has 1 aromatic carbocycles. The van der Waals surface area contributed by atoms with Gasteiger partial charge in [0.2, 0.25) is 5.78 Å². The van der Waals surface area contributed by atoms with Gasteiger partial charge in [-0.1, -0.05) is 18.2 Å². The Hall–Kier alpha value is -1.69. The number of benzene rings is 1. The second kappa shape index (κ2) is 4.77. The number of rotatable bonds is 2. The topological polar surface area (TPSA) is 30.0 Å². The highest BCUT2D eigenvalue weighted by Crippen LogP contribution is 2.33. The van der Waals surface area contributed by atoms with Gasteiger partial charge in [0.05, 0.1) is 4.88 Å². The first-order chi connectivity index (χ1) is 8.80. The molecule has 0 aliphatic carbocycles. The minimum atomic E-state index is -4.51. The number of thiazole rings is 1. The van der Waals surface area contributed by atoms with Crippen LogP contribution in [0.5, 0.6) is 0 Å². The molecule has 0 aliphatic heterocycles. The summed E-state index contributed by atoms with van der Waals surface area (Å²) in [7, 11) is 0. The number of aryl methyl sites for hydroxylation is 2. The summed E-state index contributed by atoms with van der Waals surface area (Å²) in [4.78, 5) is 15.5. The van der Waals surface area contributed by atoms with Crippen molar-refractivity contribution in [2.24, 2.45) is 0 Å². The van der Waals surface area contributed by atoms with Crippen LogP contribution in [-0.2, 0) is 6.18 Å². The van der Waals surface area contributed by atoms with Gasteiger partial charge in [0.1, 0.15) is 0 Å². The maximum Gasteiger partial charge on any atom is 0.443 e. The van der Waals surface area contributed by atoms with Crippen LogP contribution in [-0.4, -0.2) is 10.8 Å². The smallest absolute Gasteiger partial charge is 0.288 e. The Labute approximate surface area is 111 Å². The zero-order chi connectivity index (χ0) is 14.2. The van der Waals surface area contributed by atoms with E-state index >= 15 is 0 Å². The third-order valence-electron chi connectivity index (χ3n) is 2.68. The molecule has 0 bridgehead atoms. The molecule has 0 atom stereocenters. The molecule has 2 rings (SSSR count). The molecule has 0 amide bonds. The standard InChI is InChI=1S/C13H10F3NOS/c1-7-4-3-5-8(2)10(7)11(18)9-6-17-12(19-9)13(14,15)16/h3-6H,1-2H3. The lowest BCUT2D eigenvalue weighted by molar-refractivity contribution is -0.137. The number of hydrogen-bond acceptors (Lipinski definition) is 3. The molecule has 2 nitrogen and oxygen atoms in total. The van der Waals surface area contributed by atoms with Crippen LogP contribution in [0, 0.1) is 13.8 Å². The lowest BCUT2D eigenvalue weighted by atomic mass is 9.99. The van der Waals surface area contributed by atoms with E-state index in [1.807, 2.05) is 0 Å². The third kappa shape index (κ3) is 2.68. The Morgan fingerprint density at radius 1 is 1.21 bits per heavy atom. The van der Waals surface area contributed by atoms with E-state index in [1.54, 1.807) is 32.0 Å². The second-order valence-corrected chi connectivity index (χ2v) is 5.15. The first-order valence-electron chi connectivity index (χ1n) is 5.44. The average molecular weight is 285 g/mol. The van der Waals surface area contributed by atoms with Crippen molar-refractivity contribution in [1.29, 1.82) is 0 Å². The van der Waals surface area contributed by atoms with Crippen LogP contribution in [0.2, 0.25) is 0 Å². The minimum Gasteiger partial charge on any atom is -0.288 e. The van der Waals surface area contributed by atoms with E-state index < -0.39 is 17.0 Å². The van der Waals surface area contributed by atoms with Gasteiger partial charge in [-0.2, -0.15) is 13.2 Å². The fourth-order valence-electron chi connectivity index (χ4n) is 1.81. The Morgan fingerprint density at radius 3 is 2.26 bits per heavy atom. The monoisotopic (exact) mass is 285 g/mol. The molecular formula is C13H10F3NOS. The van der Waals surface area contributed by atoms with Gasteiger partial charge in [0.25, 0.3) is 0 Å². The number of alkyl halides is 3. The van der Waals surface area contributed by atoms with E-state index in [-0.39, 0.29) is 4.88 Å². The molecule has 100 valence electrons. The predicted octanol–water partition coefficient (Wildman–Crippen LogP) is 4.01. The van der Waals surface area contributed by atoms with Gasteiger partial charge in [-0.05, 0) is 25.0 Å². The molecule has 0 N–H and O–H groups in total. The van der Waals surface area contributed by atoms with Crippen molar-refractivity contribution in [1.82, 2.24) is 4.98 Å². The normalized spacial score (nSPS) is 11.6. The van der Waals surface area contributed by atoms with E-state index in [1.165, 1.54) is 0 Å². The summed E-state index contributed by atoms with van der Waals surface area (Å²) in [6.45, 7) is 3.51. The Bertz CT molecular complexity index is 611. The van der Waals surface area contributed by atoms with E-state index in [2.05, 4.69) is 4.98 Å². The number of aromatic nitrogens is 1. The van der Waals surface area contributed by atoms with Crippen molar-refractivity contribution in [3.8, 4) is 0 Å². The van der Waals surface area contributed by atoms with Gasteiger partial charge in [0, 0.05) is 11.8 Å². The largest absolute Gasteiger partial charge is 0.443 e. The molecule has 1 heterocycles. The van der Waals surface area contributed by atoms with Crippen LogP contribution >= 0.6 is 11.3 Å². The van der Waals surface area contributed by atoms with Crippen LogP contribution < -0.4 is 0 Å². The molecule has 0 saturated carbocycles. The van der Waals surface area contributed by atoms with Crippen molar-refractivity contribution in [3.05, 3.63) is 51.0 Å². The number of hydrogen-bond donors (Lipinski definition) is 0. The van der Waals surface area contributed by atoms with E-state index in [4.69, 9.17) is 0 Å². The number of ketones is 1.